The van der Waals surface area contributed by atoms with E-state index in [-0.39, 0.29) is 13.0 Å². The van der Waals surface area contributed by atoms with Crippen LogP contribution in [-0.4, -0.2) is 52.5 Å². The number of hydroxylamine groups is 1. The molecule has 0 saturated carbocycles. The van der Waals surface area contributed by atoms with Crippen molar-refractivity contribution in [1.82, 2.24) is 16.1 Å². The van der Waals surface area contributed by atoms with Crippen LogP contribution in [0.4, 0.5) is 4.79 Å². The van der Waals surface area contributed by atoms with Crippen LogP contribution in [0.25, 0.3) is 5.57 Å². The zero-order valence-corrected chi connectivity index (χ0v) is 19.4. The summed E-state index contributed by atoms with van der Waals surface area (Å²) in [6, 6.07) is 8.34. The number of allylic oxidation sites excluding steroid dienone is 3. The number of aliphatic hydroxyl groups is 1. The summed E-state index contributed by atoms with van der Waals surface area (Å²) in [5.41, 5.74) is 1.66. The van der Waals surface area contributed by atoms with Crippen LogP contribution in [0.1, 0.15) is 46.1 Å². The van der Waals surface area contributed by atoms with Crippen molar-refractivity contribution in [2.24, 2.45) is 5.41 Å². The fourth-order valence-corrected chi connectivity index (χ4v) is 3.45. The maximum atomic E-state index is 13.3. The summed E-state index contributed by atoms with van der Waals surface area (Å²) in [6.45, 7) is 6.74. The van der Waals surface area contributed by atoms with Crippen LogP contribution in [0.2, 0.25) is 0 Å². The maximum Gasteiger partial charge on any atom is 0.407 e. The molecule has 0 fully saturated rings. The highest BCUT2D eigenvalue weighted by atomic mass is 16.6. The van der Waals surface area contributed by atoms with Crippen LogP contribution in [-0.2, 0) is 14.3 Å². The van der Waals surface area contributed by atoms with Crippen LogP contribution in [0.5, 0.6) is 0 Å². The molecule has 33 heavy (non-hydrogen) atoms. The molecule has 1 aliphatic rings. The number of benzene rings is 1. The Balaban J connectivity index is 2.21. The first-order valence-electron chi connectivity index (χ1n) is 10.8. The molecule has 9 heteroatoms. The summed E-state index contributed by atoms with van der Waals surface area (Å²) in [7, 11) is 0. The smallest absolute Gasteiger partial charge is 0.407 e. The van der Waals surface area contributed by atoms with Crippen molar-refractivity contribution in [1.29, 1.82) is 0 Å². The summed E-state index contributed by atoms with van der Waals surface area (Å²) < 4.78 is 5.24. The second-order valence-corrected chi connectivity index (χ2v) is 9.07. The molecular weight excluding hydrogens is 426 g/mol. The number of rotatable bonds is 8. The predicted octanol–water partition coefficient (Wildman–Crippen LogP) is 2.30. The van der Waals surface area contributed by atoms with Crippen molar-refractivity contribution < 1.29 is 29.4 Å². The van der Waals surface area contributed by atoms with Crippen LogP contribution in [0.3, 0.4) is 0 Å². The van der Waals surface area contributed by atoms with E-state index in [1.807, 2.05) is 42.5 Å². The molecule has 0 radical (unpaired) electrons. The zero-order valence-electron chi connectivity index (χ0n) is 19.4. The van der Waals surface area contributed by atoms with Gasteiger partial charge in [-0.05, 0) is 51.7 Å². The number of amides is 3. The molecule has 1 unspecified atom stereocenters. The van der Waals surface area contributed by atoms with E-state index in [0.29, 0.717) is 6.42 Å². The number of hydrogen-bond acceptors (Lipinski definition) is 6. The topological polar surface area (TPSA) is 137 Å². The first-order valence-corrected chi connectivity index (χ1v) is 10.8. The lowest BCUT2D eigenvalue weighted by Crippen LogP contribution is -2.55. The van der Waals surface area contributed by atoms with Crippen molar-refractivity contribution in [2.45, 2.75) is 58.3 Å². The Bertz CT molecular complexity index is 905. The Morgan fingerprint density at radius 2 is 1.85 bits per heavy atom. The van der Waals surface area contributed by atoms with E-state index in [1.54, 1.807) is 26.8 Å². The molecule has 3 amide bonds. The molecule has 5 N–H and O–H groups in total. The zero-order chi connectivity index (χ0) is 24.6. The first kappa shape index (κ1) is 26.1. The highest BCUT2D eigenvalue weighted by molar-refractivity contribution is 5.92. The van der Waals surface area contributed by atoms with Crippen molar-refractivity contribution in [3.63, 3.8) is 0 Å². The number of alkyl carbamates (subject to hydrolysis) is 1. The molecule has 0 saturated heterocycles. The van der Waals surface area contributed by atoms with Crippen LogP contribution >= 0.6 is 0 Å². The van der Waals surface area contributed by atoms with E-state index in [1.165, 1.54) is 12.4 Å². The standard InChI is InChI=1S/C24H33N3O6/c1-16(28)19(20(29)27-32)26-21(30)24(14-15-25-22(31)33-23(2,3)4)12-10-18(11-13-24)17-8-6-5-7-9-17/h5-12,16,19,28,32H,13-15H2,1-4H3,(H,25,31)(H,26,30)(H,27,29)/t16-,19+,24?/m1/s1. The van der Waals surface area contributed by atoms with Gasteiger partial charge in [-0.25, -0.2) is 10.3 Å². The van der Waals surface area contributed by atoms with Crippen molar-refractivity contribution >= 4 is 23.5 Å². The summed E-state index contributed by atoms with van der Waals surface area (Å²) in [5.74, 6) is -1.44. The molecule has 0 aromatic heterocycles. The molecule has 0 bridgehead atoms. The molecule has 9 nitrogen and oxygen atoms in total. The highest BCUT2D eigenvalue weighted by Crippen LogP contribution is 2.36. The highest BCUT2D eigenvalue weighted by Gasteiger charge is 2.39. The molecule has 0 heterocycles. The van der Waals surface area contributed by atoms with Gasteiger partial charge in [0.2, 0.25) is 5.91 Å². The average Bonchev–Trinajstić information content (AvgIpc) is 2.76. The van der Waals surface area contributed by atoms with Gasteiger partial charge in [0, 0.05) is 6.54 Å². The van der Waals surface area contributed by atoms with E-state index in [0.717, 1.165) is 11.1 Å². The lowest BCUT2D eigenvalue weighted by atomic mass is 9.75. The van der Waals surface area contributed by atoms with Crippen LogP contribution in [0, 0.1) is 5.41 Å². The summed E-state index contributed by atoms with van der Waals surface area (Å²) in [6.07, 6.45) is 4.20. The van der Waals surface area contributed by atoms with Gasteiger partial charge in [-0.15, -0.1) is 0 Å². The number of hydrogen-bond donors (Lipinski definition) is 5. The number of aliphatic hydroxyl groups excluding tert-OH is 1. The predicted molar refractivity (Wildman–Crippen MR) is 123 cm³/mol. The monoisotopic (exact) mass is 459 g/mol. The van der Waals surface area contributed by atoms with Gasteiger partial charge in [0.1, 0.15) is 11.6 Å². The van der Waals surface area contributed by atoms with Gasteiger partial charge >= 0.3 is 6.09 Å². The number of ether oxygens (including phenoxy) is 1. The van der Waals surface area contributed by atoms with E-state index in [2.05, 4.69) is 10.6 Å². The Morgan fingerprint density at radius 1 is 1.18 bits per heavy atom. The lowest BCUT2D eigenvalue weighted by molar-refractivity contribution is -0.140. The Hall–Kier alpha value is -3.17. The molecule has 0 aliphatic heterocycles. The van der Waals surface area contributed by atoms with Crippen molar-refractivity contribution in [2.75, 3.05) is 6.54 Å². The van der Waals surface area contributed by atoms with Gasteiger partial charge in [0.25, 0.3) is 5.91 Å². The fourth-order valence-electron chi connectivity index (χ4n) is 3.45. The second-order valence-electron chi connectivity index (χ2n) is 9.07. The number of carbonyl (C=O) groups is 3. The third-order valence-electron chi connectivity index (χ3n) is 5.23. The molecule has 1 aliphatic carbocycles. The molecule has 180 valence electrons. The molecule has 2 rings (SSSR count). The second kappa shape index (κ2) is 11.1. The minimum atomic E-state index is -1.34. The van der Waals surface area contributed by atoms with E-state index in [4.69, 9.17) is 9.94 Å². The molecule has 1 aromatic carbocycles. The van der Waals surface area contributed by atoms with Gasteiger partial charge < -0.3 is 20.5 Å². The Labute approximate surface area is 193 Å². The largest absolute Gasteiger partial charge is 0.444 e. The minimum Gasteiger partial charge on any atom is -0.444 e. The fraction of sp³-hybridized carbons (Fsp3) is 0.458. The average molecular weight is 460 g/mol. The van der Waals surface area contributed by atoms with Crippen LogP contribution in [0.15, 0.2) is 48.6 Å². The Kier molecular flexibility index (Phi) is 8.78. The van der Waals surface area contributed by atoms with E-state index in [9.17, 15) is 19.5 Å². The molecular formula is C24H33N3O6. The quantitative estimate of drug-likeness (QED) is 0.299. The maximum absolute atomic E-state index is 13.3. The van der Waals surface area contributed by atoms with Gasteiger partial charge in [0.15, 0.2) is 0 Å². The molecule has 0 spiro atoms. The van der Waals surface area contributed by atoms with Crippen LogP contribution < -0.4 is 16.1 Å². The normalized spacial score (nSPS) is 19.6. The van der Waals surface area contributed by atoms with Gasteiger partial charge in [0.05, 0.1) is 11.5 Å². The molecule has 1 aromatic rings. The van der Waals surface area contributed by atoms with Gasteiger partial charge in [-0.1, -0.05) is 48.6 Å². The van der Waals surface area contributed by atoms with Crippen molar-refractivity contribution in [3.8, 4) is 0 Å². The van der Waals surface area contributed by atoms with Gasteiger partial charge in [-0.2, -0.15) is 0 Å². The Morgan fingerprint density at radius 3 is 2.36 bits per heavy atom. The SMILES string of the molecule is C[C@@H](O)[C@H](NC(=O)C1(CCNC(=O)OC(C)(C)C)C=CC(c2ccccc2)=CC1)C(=O)NO. The van der Waals surface area contributed by atoms with E-state index < -0.39 is 41.1 Å². The first-order chi connectivity index (χ1) is 15.5. The minimum absolute atomic E-state index is 0.146. The van der Waals surface area contributed by atoms with Gasteiger partial charge in [-0.3, -0.25) is 14.8 Å². The number of nitrogens with one attached hydrogen (secondary N) is 3. The third kappa shape index (κ3) is 7.44. The third-order valence-corrected chi connectivity index (χ3v) is 5.23. The summed E-state index contributed by atoms with van der Waals surface area (Å²) in [4.78, 5) is 37.2. The van der Waals surface area contributed by atoms with E-state index >= 15 is 0 Å². The lowest BCUT2D eigenvalue weighted by Gasteiger charge is -2.33. The summed E-state index contributed by atoms with van der Waals surface area (Å²) >= 11 is 0. The molecule has 3 atom stereocenters. The number of carbonyl (C=O) groups excluding carboxylic acids is 3. The van der Waals surface area contributed by atoms with Crippen molar-refractivity contribution in [3.05, 3.63) is 54.1 Å². The summed E-state index contributed by atoms with van der Waals surface area (Å²) in [5, 5.41) is 24.0.